The Bertz CT molecular complexity index is 492. The van der Waals surface area contributed by atoms with Crippen LogP contribution in [-0.2, 0) is 6.42 Å². The molecule has 90 valence electrons. The fourth-order valence-electron chi connectivity index (χ4n) is 1.52. The van der Waals surface area contributed by atoms with Crippen LogP contribution >= 0.6 is 38.9 Å². The first-order valence-electron chi connectivity index (χ1n) is 5.01. The second-order valence-electron chi connectivity index (χ2n) is 3.71. The molecule has 0 aliphatic rings. The topological polar surface area (TPSA) is 26.0 Å². The van der Waals surface area contributed by atoms with E-state index in [4.69, 9.17) is 17.3 Å². The van der Waals surface area contributed by atoms with Gasteiger partial charge in [-0.1, -0.05) is 23.7 Å². The van der Waals surface area contributed by atoms with Gasteiger partial charge in [0.1, 0.15) is 10.2 Å². The molecule has 1 heterocycles. The van der Waals surface area contributed by atoms with Crippen molar-refractivity contribution < 1.29 is 4.39 Å². The average Bonchev–Trinajstić information content (AvgIpc) is 2.63. The van der Waals surface area contributed by atoms with Gasteiger partial charge in [-0.3, -0.25) is 0 Å². The number of thiophene rings is 1. The van der Waals surface area contributed by atoms with E-state index >= 15 is 0 Å². The van der Waals surface area contributed by atoms with Crippen molar-refractivity contribution in [3.05, 3.63) is 55.4 Å². The molecule has 5 heteroatoms. The fourth-order valence-corrected chi connectivity index (χ4v) is 3.26. The van der Waals surface area contributed by atoms with Gasteiger partial charge < -0.3 is 5.73 Å². The number of benzene rings is 1. The highest BCUT2D eigenvalue weighted by atomic mass is 79.9. The van der Waals surface area contributed by atoms with E-state index in [1.54, 1.807) is 12.1 Å². The molecule has 0 amide bonds. The van der Waals surface area contributed by atoms with Crippen LogP contribution in [0, 0.1) is 5.82 Å². The molecule has 1 nitrogen and oxygen atoms in total. The van der Waals surface area contributed by atoms with E-state index in [0.717, 1.165) is 14.9 Å². The van der Waals surface area contributed by atoms with Gasteiger partial charge in [-0.2, -0.15) is 0 Å². The largest absolute Gasteiger partial charge is 0.323 e. The molecule has 0 aliphatic heterocycles. The Kier molecular flexibility index (Phi) is 4.20. The molecule has 1 aromatic heterocycles. The molecule has 0 aliphatic carbocycles. The van der Waals surface area contributed by atoms with Gasteiger partial charge in [-0.15, -0.1) is 11.3 Å². The highest BCUT2D eigenvalue weighted by molar-refractivity contribution is 9.10. The molecule has 2 aromatic rings. The number of halogens is 3. The lowest BCUT2D eigenvalue weighted by atomic mass is 10.1. The second-order valence-corrected chi connectivity index (χ2v) is 6.25. The molecule has 17 heavy (non-hydrogen) atoms. The van der Waals surface area contributed by atoms with Gasteiger partial charge in [0.05, 0.1) is 0 Å². The smallest absolute Gasteiger partial charge is 0.123 e. The molecule has 2 rings (SSSR count). The van der Waals surface area contributed by atoms with Gasteiger partial charge >= 0.3 is 0 Å². The van der Waals surface area contributed by atoms with Crippen LogP contribution in [0.5, 0.6) is 0 Å². The molecule has 0 radical (unpaired) electrons. The highest BCUT2D eigenvalue weighted by Crippen LogP contribution is 2.35. The van der Waals surface area contributed by atoms with Crippen molar-refractivity contribution in [1.82, 2.24) is 0 Å². The Hall–Kier alpha value is -0.420. The molecular weight excluding hydrogens is 325 g/mol. The monoisotopic (exact) mass is 333 g/mol. The number of rotatable bonds is 3. The number of hydrogen-bond donors (Lipinski definition) is 1. The van der Waals surface area contributed by atoms with Crippen molar-refractivity contribution >= 4 is 38.9 Å². The summed E-state index contributed by atoms with van der Waals surface area (Å²) in [5.74, 6) is -0.232. The van der Waals surface area contributed by atoms with Gasteiger partial charge in [0.2, 0.25) is 0 Å². The van der Waals surface area contributed by atoms with E-state index < -0.39 is 0 Å². The van der Waals surface area contributed by atoms with Gasteiger partial charge in [0.25, 0.3) is 0 Å². The third kappa shape index (κ3) is 3.28. The first-order chi connectivity index (χ1) is 8.06. The Labute approximate surface area is 117 Å². The quantitative estimate of drug-likeness (QED) is 0.876. The summed E-state index contributed by atoms with van der Waals surface area (Å²) < 4.78 is 14.3. The lowest BCUT2D eigenvalue weighted by Gasteiger charge is -2.09. The molecule has 1 aromatic carbocycles. The van der Waals surface area contributed by atoms with E-state index in [1.807, 2.05) is 6.07 Å². The zero-order chi connectivity index (χ0) is 12.4. The summed E-state index contributed by atoms with van der Waals surface area (Å²) in [5.41, 5.74) is 7.10. The Balaban J connectivity index is 2.11. The van der Waals surface area contributed by atoms with E-state index in [2.05, 4.69) is 15.9 Å². The SMILES string of the molecule is NC(Cc1ccc(F)cc1)c1cc(Br)c(Cl)s1. The van der Waals surface area contributed by atoms with E-state index in [-0.39, 0.29) is 11.9 Å². The zero-order valence-electron chi connectivity index (χ0n) is 8.79. The van der Waals surface area contributed by atoms with Crippen molar-refractivity contribution in [2.75, 3.05) is 0 Å². The molecule has 0 saturated carbocycles. The lowest BCUT2D eigenvalue weighted by molar-refractivity contribution is 0.626. The minimum atomic E-state index is -0.232. The molecule has 0 fully saturated rings. The average molecular weight is 335 g/mol. The highest BCUT2D eigenvalue weighted by Gasteiger charge is 2.12. The summed E-state index contributed by atoms with van der Waals surface area (Å²) in [6.07, 6.45) is 0.670. The second kappa shape index (κ2) is 5.48. The maximum absolute atomic E-state index is 12.8. The van der Waals surface area contributed by atoms with Crippen molar-refractivity contribution in [3.8, 4) is 0 Å². The Morgan fingerprint density at radius 1 is 1.35 bits per heavy atom. The predicted molar refractivity (Wildman–Crippen MR) is 74.1 cm³/mol. The summed E-state index contributed by atoms with van der Waals surface area (Å²) in [4.78, 5) is 1.02. The normalized spacial score (nSPS) is 12.7. The minimum Gasteiger partial charge on any atom is -0.323 e. The van der Waals surface area contributed by atoms with Gasteiger partial charge in [0, 0.05) is 15.4 Å². The molecule has 1 atom stereocenters. The van der Waals surface area contributed by atoms with Crippen LogP contribution in [0.3, 0.4) is 0 Å². The van der Waals surface area contributed by atoms with Crippen LogP contribution in [0.15, 0.2) is 34.8 Å². The molecule has 1 unspecified atom stereocenters. The third-order valence-corrected chi connectivity index (χ3v) is 5.01. The van der Waals surface area contributed by atoms with Crippen molar-refractivity contribution in [2.24, 2.45) is 5.73 Å². The van der Waals surface area contributed by atoms with Crippen LogP contribution in [0.25, 0.3) is 0 Å². The van der Waals surface area contributed by atoms with Crippen molar-refractivity contribution in [3.63, 3.8) is 0 Å². The van der Waals surface area contributed by atoms with E-state index in [1.165, 1.54) is 23.5 Å². The molecule has 0 saturated heterocycles. The predicted octanol–water partition coefficient (Wildman–Crippen LogP) is 4.55. The molecule has 0 spiro atoms. The maximum atomic E-state index is 12.8. The lowest BCUT2D eigenvalue weighted by Crippen LogP contribution is -2.11. The third-order valence-electron chi connectivity index (χ3n) is 2.40. The minimum absolute atomic E-state index is 0.116. The Morgan fingerprint density at radius 3 is 2.53 bits per heavy atom. The van der Waals surface area contributed by atoms with E-state index in [9.17, 15) is 4.39 Å². The summed E-state index contributed by atoms with van der Waals surface area (Å²) in [6, 6.07) is 8.20. The summed E-state index contributed by atoms with van der Waals surface area (Å²) in [5, 5.41) is 0. The standard InChI is InChI=1S/C12H10BrClFNS/c13-9-6-11(17-12(9)14)10(16)5-7-1-3-8(15)4-2-7/h1-4,6,10H,5,16H2. The molecule has 0 bridgehead atoms. The molecule has 2 N–H and O–H groups in total. The maximum Gasteiger partial charge on any atom is 0.123 e. The summed E-state index contributed by atoms with van der Waals surface area (Å²) in [7, 11) is 0. The van der Waals surface area contributed by atoms with Gasteiger partial charge in [-0.05, 0) is 46.1 Å². The first kappa shape index (κ1) is 13.0. The zero-order valence-corrected chi connectivity index (χ0v) is 11.9. The van der Waals surface area contributed by atoms with Gasteiger partial charge in [0.15, 0.2) is 0 Å². The first-order valence-corrected chi connectivity index (χ1v) is 7.00. The van der Waals surface area contributed by atoms with Crippen LogP contribution in [0.1, 0.15) is 16.5 Å². The van der Waals surface area contributed by atoms with Gasteiger partial charge in [-0.25, -0.2) is 4.39 Å². The number of hydrogen-bond acceptors (Lipinski definition) is 2. The van der Waals surface area contributed by atoms with Crippen molar-refractivity contribution in [2.45, 2.75) is 12.5 Å². The van der Waals surface area contributed by atoms with Crippen LogP contribution in [-0.4, -0.2) is 0 Å². The van der Waals surface area contributed by atoms with E-state index in [0.29, 0.717) is 10.8 Å². The van der Waals surface area contributed by atoms with Crippen LogP contribution in [0.2, 0.25) is 4.34 Å². The number of nitrogens with two attached hydrogens (primary N) is 1. The summed E-state index contributed by atoms with van der Waals surface area (Å²) >= 11 is 10.8. The Morgan fingerprint density at radius 2 is 2.00 bits per heavy atom. The molecular formula is C12H10BrClFNS. The van der Waals surface area contributed by atoms with Crippen LogP contribution < -0.4 is 5.73 Å². The fraction of sp³-hybridized carbons (Fsp3) is 0.167. The summed E-state index contributed by atoms with van der Waals surface area (Å²) in [6.45, 7) is 0. The van der Waals surface area contributed by atoms with Crippen LogP contribution in [0.4, 0.5) is 4.39 Å². The van der Waals surface area contributed by atoms with Crippen molar-refractivity contribution in [1.29, 1.82) is 0 Å².